The van der Waals surface area contributed by atoms with Crippen LogP contribution in [0.3, 0.4) is 0 Å². The van der Waals surface area contributed by atoms with E-state index in [1.807, 2.05) is 26.0 Å². The van der Waals surface area contributed by atoms with Gasteiger partial charge in [-0.1, -0.05) is 0 Å². The third-order valence-electron chi connectivity index (χ3n) is 2.98. The molecular formula is C13H23O3P. The van der Waals surface area contributed by atoms with Crippen molar-refractivity contribution in [1.29, 1.82) is 0 Å². The minimum absolute atomic E-state index is 0.221. The van der Waals surface area contributed by atoms with Crippen molar-refractivity contribution in [3.8, 4) is 0 Å². The van der Waals surface area contributed by atoms with Crippen LogP contribution in [0.4, 0.5) is 0 Å². The summed E-state index contributed by atoms with van der Waals surface area (Å²) in [5, 5.41) is 0.514. The molecule has 0 spiro atoms. The molecule has 0 aliphatic rings. The van der Waals surface area contributed by atoms with Gasteiger partial charge in [0.25, 0.3) is 0 Å². The maximum atomic E-state index is 10.5. The van der Waals surface area contributed by atoms with Crippen molar-refractivity contribution in [2.45, 2.75) is 33.6 Å². The average molecular weight is 258 g/mol. The maximum absolute atomic E-state index is 10.5. The molecule has 1 rings (SSSR count). The molecular weight excluding hydrogens is 235 g/mol. The van der Waals surface area contributed by atoms with Crippen LogP contribution in [-0.4, -0.2) is 22.6 Å². The predicted octanol–water partition coefficient (Wildman–Crippen LogP) is 2.74. The van der Waals surface area contributed by atoms with Crippen molar-refractivity contribution in [3.63, 3.8) is 0 Å². The molecule has 0 radical (unpaired) electrons. The Morgan fingerprint density at radius 1 is 1.12 bits per heavy atom. The van der Waals surface area contributed by atoms with Gasteiger partial charge in [-0.25, -0.2) is 0 Å². The Kier molecular flexibility index (Phi) is 4.68. The quantitative estimate of drug-likeness (QED) is 0.609. The number of rotatable bonds is 6. The van der Waals surface area contributed by atoms with Crippen LogP contribution in [0.15, 0.2) is 24.3 Å². The molecule has 0 saturated carbocycles. The van der Waals surface area contributed by atoms with E-state index in [4.69, 9.17) is 4.52 Å². The molecule has 0 heterocycles. The van der Waals surface area contributed by atoms with Crippen LogP contribution in [0.1, 0.15) is 32.3 Å². The second kappa shape index (κ2) is 5.45. The summed E-state index contributed by atoms with van der Waals surface area (Å²) in [6, 6.07) is 7.26. The zero-order chi connectivity index (χ0) is 13.0. The van der Waals surface area contributed by atoms with Crippen molar-refractivity contribution >= 4 is 12.6 Å². The van der Waals surface area contributed by atoms with Crippen molar-refractivity contribution < 1.29 is 14.3 Å². The van der Waals surface area contributed by atoms with Crippen molar-refractivity contribution in [1.82, 2.24) is 0 Å². The molecule has 0 bridgehead atoms. The normalized spacial score (nSPS) is 14.3. The first-order chi connectivity index (χ1) is 7.91. The van der Waals surface area contributed by atoms with Gasteiger partial charge in [0.05, 0.1) is 0 Å². The fourth-order valence-corrected chi connectivity index (χ4v) is 3.55. The Balaban J connectivity index is 2.96. The second-order valence-corrected chi connectivity index (χ2v) is 8.09. The average Bonchev–Trinajstić information content (AvgIpc) is 2.30. The summed E-state index contributed by atoms with van der Waals surface area (Å²) in [6.07, 6.45) is 2.04. The van der Waals surface area contributed by atoms with Crippen LogP contribution in [0.5, 0.6) is 0 Å². The molecule has 0 aromatic heterocycles. The Labute approximate surface area is 104 Å². The fourth-order valence-electron chi connectivity index (χ4n) is 1.59. The summed E-state index contributed by atoms with van der Waals surface area (Å²) in [4.78, 5) is 21.1. The third kappa shape index (κ3) is 3.49. The number of hydrogen-bond donors (Lipinski definition) is 2. The van der Waals surface area contributed by atoms with E-state index in [1.165, 1.54) is 0 Å². The van der Waals surface area contributed by atoms with Gasteiger partial charge in [0, 0.05) is 0 Å². The van der Waals surface area contributed by atoms with Crippen LogP contribution in [0, 0.1) is 6.92 Å². The Bertz CT molecular complexity index is 359. The van der Waals surface area contributed by atoms with E-state index in [-0.39, 0.29) is 6.16 Å². The molecule has 98 valence electrons. The molecule has 0 unspecified atom stereocenters. The molecule has 0 saturated heterocycles. The van der Waals surface area contributed by atoms with Gasteiger partial charge in [-0.2, -0.15) is 0 Å². The van der Waals surface area contributed by atoms with Gasteiger partial charge in [0.2, 0.25) is 0 Å². The number of aryl methyl sites for hydroxylation is 1. The number of benzene rings is 1. The fraction of sp³-hybridized carbons (Fsp3) is 0.538. The van der Waals surface area contributed by atoms with Crippen LogP contribution >= 0.6 is 7.28 Å². The first-order valence-corrected chi connectivity index (χ1v) is 8.39. The van der Waals surface area contributed by atoms with Crippen LogP contribution in [-0.2, 0) is 4.52 Å². The molecule has 0 aliphatic carbocycles. The molecule has 4 heteroatoms. The van der Waals surface area contributed by atoms with Gasteiger partial charge in [0.15, 0.2) is 0 Å². The first kappa shape index (κ1) is 14.6. The van der Waals surface area contributed by atoms with Gasteiger partial charge in [-0.3, -0.25) is 0 Å². The summed E-state index contributed by atoms with van der Waals surface area (Å²) in [5.74, 6) is 0. The number of unbranched alkanes of at least 4 members (excludes halogenated alkanes) is 1. The monoisotopic (exact) mass is 258 g/mol. The standard InChI is InChI=1S/C13H23O3P/c1-4-6-11-16-17(14,15,5-2)13-9-7-12(3)8-10-13/h7-10,14-15H,4-6,11H2,1-3H3. The molecule has 1 aromatic carbocycles. The van der Waals surface area contributed by atoms with Crippen LogP contribution < -0.4 is 5.30 Å². The summed E-state index contributed by atoms with van der Waals surface area (Å²) in [7, 11) is -4.14. The molecule has 2 N–H and O–H groups in total. The Morgan fingerprint density at radius 2 is 1.71 bits per heavy atom. The number of hydrogen-bond acceptors (Lipinski definition) is 3. The Hall–Kier alpha value is -0.470. The van der Waals surface area contributed by atoms with Gasteiger partial charge >= 0.3 is 103 Å². The van der Waals surface area contributed by atoms with E-state index in [0.717, 1.165) is 18.4 Å². The van der Waals surface area contributed by atoms with Crippen molar-refractivity contribution in [3.05, 3.63) is 29.8 Å². The van der Waals surface area contributed by atoms with Crippen molar-refractivity contribution in [2.75, 3.05) is 12.8 Å². The van der Waals surface area contributed by atoms with Crippen LogP contribution in [0.25, 0.3) is 0 Å². The SMILES string of the molecule is CCCCOP(O)(O)(CC)c1ccc(C)cc1. The van der Waals surface area contributed by atoms with E-state index in [0.29, 0.717) is 11.9 Å². The predicted molar refractivity (Wildman–Crippen MR) is 73.6 cm³/mol. The third-order valence-corrected chi connectivity index (χ3v) is 6.18. The molecule has 17 heavy (non-hydrogen) atoms. The summed E-state index contributed by atoms with van der Waals surface area (Å²) in [5.41, 5.74) is 1.09. The van der Waals surface area contributed by atoms with Crippen LogP contribution in [0.2, 0.25) is 0 Å². The molecule has 3 nitrogen and oxygen atoms in total. The van der Waals surface area contributed by atoms with E-state index in [1.54, 1.807) is 19.1 Å². The zero-order valence-electron chi connectivity index (χ0n) is 10.9. The summed E-state index contributed by atoms with van der Waals surface area (Å²) in [6.45, 7) is 6.16. The van der Waals surface area contributed by atoms with E-state index in [2.05, 4.69) is 0 Å². The summed E-state index contributed by atoms with van der Waals surface area (Å²) >= 11 is 0. The Morgan fingerprint density at radius 3 is 2.18 bits per heavy atom. The molecule has 0 fully saturated rings. The van der Waals surface area contributed by atoms with Gasteiger partial charge in [-0.15, -0.1) is 0 Å². The van der Waals surface area contributed by atoms with E-state index in [9.17, 15) is 9.79 Å². The molecule has 0 amide bonds. The van der Waals surface area contributed by atoms with Gasteiger partial charge in [0.1, 0.15) is 0 Å². The van der Waals surface area contributed by atoms with E-state index < -0.39 is 7.28 Å². The second-order valence-electron chi connectivity index (χ2n) is 4.45. The van der Waals surface area contributed by atoms with Crippen molar-refractivity contribution in [2.24, 2.45) is 0 Å². The minimum atomic E-state index is -4.14. The molecule has 0 atom stereocenters. The zero-order valence-corrected chi connectivity index (χ0v) is 11.8. The molecule has 1 aromatic rings. The topological polar surface area (TPSA) is 49.7 Å². The molecule has 0 aliphatic heterocycles. The first-order valence-electron chi connectivity index (χ1n) is 6.15. The van der Waals surface area contributed by atoms with Gasteiger partial charge < -0.3 is 0 Å². The summed E-state index contributed by atoms with van der Waals surface area (Å²) < 4.78 is 5.47. The van der Waals surface area contributed by atoms with E-state index >= 15 is 0 Å². The van der Waals surface area contributed by atoms with Gasteiger partial charge in [-0.05, 0) is 0 Å².